The molecule has 1 saturated heterocycles. The third kappa shape index (κ3) is 5.04. The first-order valence-electron chi connectivity index (χ1n) is 10.2. The maximum absolute atomic E-state index is 11.9. The van der Waals surface area contributed by atoms with Gasteiger partial charge in [-0.25, -0.2) is 9.97 Å². The predicted molar refractivity (Wildman–Crippen MR) is 120 cm³/mol. The third-order valence-corrected chi connectivity index (χ3v) is 4.99. The van der Waals surface area contributed by atoms with Gasteiger partial charge in [0, 0.05) is 6.54 Å². The highest BCUT2D eigenvalue weighted by Gasteiger charge is 2.24. The molecule has 0 spiro atoms. The number of rotatable bonds is 7. The molecule has 164 valence electrons. The Balaban J connectivity index is 1.47. The number of para-hydroxylation sites is 1. The first kappa shape index (κ1) is 21.3. The monoisotopic (exact) mass is 432 g/mol. The highest BCUT2D eigenvalue weighted by molar-refractivity contribution is 5.87. The van der Waals surface area contributed by atoms with E-state index < -0.39 is 0 Å². The number of hydrogen-bond acceptors (Lipinski definition) is 7. The Morgan fingerprint density at radius 3 is 2.66 bits per heavy atom. The molecule has 8 nitrogen and oxygen atoms in total. The minimum absolute atomic E-state index is 0.122. The molecular formula is C24H24N4O4. The molecule has 1 amide bonds. The van der Waals surface area contributed by atoms with Gasteiger partial charge in [0.2, 0.25) is 11.8 Å². The van der Waals surface area contributed by atoms with E-state index in [0.717, 1.165) is 11.3 Å². The zero-order chi connectivity index (χ0) is 22.3. The summed E-state index contributed by atoms with van der Waals surface area (Å²) in [5.41, 5.74) is 7.53. The van der Waals surface area contributed by atoms with Crippen molar-refractivity contribution in [2.45, 2.75) is 6.10 Å². The van der Waals surface area contributed by atoms with E-state index >= 15 is 0 Å². The summed E-state index contributed by atoms with van der Waals surface area (Å²) in [6.45, 7) is 5.15. The minimum atomic E-state index is -0.279. The van der Waals surface area contributed by atoms with Crippen molar-refractivity contribution in [2.75, 3.05) is 32.0 Å². The van der Waals surface area contributed by atoms with Gasteiger partial charge in [0.1, 0.15) is 36.4 Å². The summed E-state index contributed by atoms with van der Waals surface area (Å²) in [5, 5.41) is 0. The van der Waals surface area contributed by atoms with E-state index in [4.69, 9.17) is 19.9 Å². The minimum Gasteiger partial charge on any atom is -0.474 e. The molecule has 2 heterocycles. The van der Waals surface area contributed by atoms with Gasteiger partial charge in [0.05, 0.1) is 18.7 Å². The summed E-state index contributed by atoms with van der Waals surface area (Å²) in [6.07, 6.45) is 2.38. The summed E-state index contributed by atoms with van der Waals surface area (Å²) >= 11 is 0. The van der Waals surface area contributed by atoms with Gasteiger partial charge >= 0.3 is 0 Å². The highest BCUT2D eigenvalue weighted by Crippen LogP contribution is 2.34. The van der Waals surface area contributed by atoms with Crippen molar-refractivity contribution in [1.82, 2.24) is 14.9 Å². The first-order valence-corrected chi connectivity index (χ1v) is 10.2. The van der Waals surface area contributed by atoms with Crippen LogP contribution in [0.15, 0.2) is 73.6 Å². The molecule has 1 fully saturated rings. The summed E-state index contributed by atoms with van der Waals surface area (Å²) < 4.78 is 17.5. The molecule has 1 atom stereocenters. The predicted octanol–water partition coefficient (Wildman–Crippen LogP) is 3.31. The van der Waals surface area contributed by atoms with E-state index in [0.29, 0.717) is 42.7 Å². The van der Waals surface area contributed by atoms with Crippen LogP contribution in [0.4, 0.5) is 5.82 Å². The molecule has 1 unspecified atom stereocenters. The fourth-order valence-corrected chi connectivity index (χ4v) is 3.40. The Morgan fingerprint density at radius 1 is 1.16 bits per heavy atom. The van der Waals surface area contributed by atoms with Crippen molar-refractivity contribution in [1.29, 1.82) is 0 Å². The molecule has 2 N–H and O–H groups in total. The molecule has 0 aliphatic carbocycles. The van der Waals surface area contributed by atoms with Crippen molar-refractivity contribution < 1.29 is 19.0 Å². The number of nitrogen functional groups attached to an aromatic ring is 1. The van der Waals surface area contributed by atoms with Crippen LogP contribution in [0.25, 0.3) is 11.1 Å². The van der Waals surface area contributed by atoms with Gasteiger partial charge < -0.3 is 24.8 Å². The molecule has 0 saturated carbocycles. The van der Waals surface area contributed by atoms with E-state index in [1.165, 1.54) is 12.4 Å². The van der Waals surface area contributed by atoms with Crippen molar-refractivity contribution >= 4 is 11.7 Å². The number of benzene rings is 2. The molecule has 1 aliphatic heterocycles. The molecular weight excluding hydrogens is 408 g/mol. The lowest BCUT2D eigenvalue weighted by Gasteiger charge is -2.32. The summed E-state index contributed by atoms with van der Waals surface area (Å²) in [4.78, 5) is 21.9. The van der Waals surface area contributed by atoms with E-state index in [1.54, 1.807) is 4.90 Å². The lowest BCUT2D eigenvalue weighted by atomic mass is 10.1. The van der Waals surface area contributed by atoms with Gasteiger partial charge in [-0.05, 0) is 35.9 Å². The molecule has 3 aromatic rings. The van der Waals surface area contributed by atoms with E-state index in [2.05, 4.69) is 16.5 Å². The molecule has 1 aromatic heterocycles. The number of nitrogens with two attached hydrogens (primary N) is 1. The van der Waals surface area contributed by atoms with Gasteiger partial charge in [0.15, 0.2) is 0 Å². The summed E-state index contributed by atoms with van der Waals surface area (Å²) in [5.74, 6) is 1.98. The van der Waals surface area contributed by atoms with Crippen molar-refractivity contribution in [3.05, 3.63) is 73.6 Å². The first-order chi connectivity index (χ1) is 15.6. The van der Waals surface area contributed by atoms with E-state index in [9.17, 15) is 4.79 Å². The van der Waals surface area contributed by atoms with Crippen molar-refractivity contribution in [3.8, 4) is 28.5 Å². The third-order valence-electron chi connectivity index (χ3n) is 4.99. The molecule has 0 bridgehead atoms. The normalized spacial score (nSPS) is 15.8. The van der Waals surface area contributed by atoms with E-state index in [1.807, 2.05) is 54.6 Å². The van der Waals surface area contributed by atoms with Crippen LogP contribution in [0.1, 0.15) is 0 Å². The number of aromatic nitrogens is 2. The quantitative estimate of drug-likeness (QED) is 0.572. The Morgan fingerprint density at radius 2 is 1.91 bits per heavy atom. The van der Waals surface area contributed by atoms with Crippen LogP contribution in [0.2, 0.25) is 0 Å². The molecule has 8 heteroatoms. The average Bonchev–Trinajstić information content (AvgIpc) is 2.84. The van der Waals surface area contributed by atoms with Gasteiger partial charge in [-0.1, -0.05) is 36.9 Å². The fraction of sp³-hybridized carbons (Fsp3) is 0.208. The Labute approximate surface area is 186 Å². The Bertz CT molecular complexity index is 1070. The van der Waals surface area contributed by atoms with Crippen molar-refractivity contribution in [2.24, 2.45) is 0 Å². The lowest BCUT2D eigenvalue weighted by Crippen LogP contribution is -2.47. The Kier molecular flexibility index (Phi) is 6.62. The fourth-order valence-electron chi connectivity index (χ4n) is 3.40. The lowest BCUT2D eigenvalue weighted by molar-refractivity contribution is -0.134. The SMILES string of the molecule is C=CC(=O)N1CCOC(COc2ncnc(N)c2-c2ccc(Oc3ccccc3)cc2)C1. The molecule has 4 rings (SSSR count). The standard InChI is InChI=1S/C24H24N4O4/c1-2-21(29)28-12-13-30-20(14-28)15-31-24-22(23(25)26-16-27-24)17-8-10-19(11-9-17)32-18-6-4-3-5-7-18/h2-11,16,20H,1,12-15H2,(H2,25,26,27). The van der Waals surface area contributed by atoms with Crippen LogP contribution in [0.5, 0.6) is 17.4 Å². The largest absolute Gasteiger partial charge is 0.474 e. The second-order valence-electron chi connectivity index (χ2n) is 7.17. The number of amides is 1. The number of anilines is 1. The van der Waals surface area contributed by atoms with Crippen LogP contribution in [-0.2, 0) is 9.53 Å². The van der Waals surface area contributed by atoms with Crippen LogP contribution in [-0.4, -0.2) is 53.2 Å². The maximum atomic E-state index is 11.9. The van der Waals surface area contributed by atoms with Gasteiger partial charge in [-0.15, -0.1) is 0 Å². The number of morpholine rings is 1. The molecule has 1 aliphatic rings. The van der Waals surface area contributed by atoms with Crippen LogP contribution in [0.3, 0.4) is 0 Å². The maximum Gasteiger partial charge on any atom is 0.246 e. The number of ether oxygens (including phenoxy) is 3. The summed E-state index contributed by atoms with van der Waals surface area (Å²) in [7, 11) is 0. The zero-order valence-corrected chi connectivity index (χ0v) is 17.5. The number of nitrogens with zero attached hydrogens (tertiary/aromatic N) is 3. The number of hydrogen-bond donors (Lipinski definition) is 1. The van der Waals surface area contributed by atoms with Crippen LogP contribution < -0.4 is 15.2 Å². The molecule has 32 heavy (non-hydrogen) atoms. The topological polar surface area (TPSA) is 99.8 Å². The number of carbonyl (C=O) groups is 1. The second-order valence-corrected chi connectivity index (χ2v) is 7.17. The molecule has 2 aromatic carbocycles. The smallest absolute Gasteiger partial charge is 0.246 e. The van der Waals surface area contributed by atoms with Gasteiger partial charge in [-0.3, -0.25) is 4.79 Å². The van der Waals surface area contributed by atoms with Gasteiger partial charge in [0.25, 0.3) is 0 Å². The number of carbonyl (C=O) groups excluding carboxylic acids is 1. The van der Waals surface area contributed by atoms with Gasteiger partial charge in [-0.2, -0.15) is 0 Å². The van der Waals surface area contributed by atoms with Crippen LogP contribution in [0, 0.1) is 0 Å². The zero-order valence-electron chi connectivity index (χ0n) is 17.5. The van der Waals surface area contributed by atoms with E-state index in [-0.39, 0.29) is 18.6 Å². The molecule has 0 radical (unpaired) electrons. The van der Waals surface area contributed by atoms with Crippen molar-refractivity contribution in [3.63, 3.8) is 0 Å². The average molecular weight is 432 g/mol. The van der Waals surface area contributed by atoms with Crippen LogP contribution >= 0.6 is 0 Å². The Hall–Kier alpha value is -3.91. The highest BCUT2D eigenvalue weighted by atomic mass is 16.5. The second kappa shape index (κ2) is 9.93. The summed E-state index contributed by atoms with van der Waals surface area (Å²) in [6, 6.07) is 17.0.